The summed E-state index contributed by atoms with van der Waals surface area (Å²) in [5.74, 6) is -0.516. The van der Waals surface area contributed by atoms with Crippen molar-refractivity contribution in [3.63, 3.8) is 0 Å². The summed E-state index contributed by atoms with van der Waals surface area (Å²) in [5.41, 5.74) is 6.39. The standard InChI is InChI=1S/C11H18N4O3/c1-18-11(17)10-8(5-6-12)15(14-13-10)7-3-2-4-9(7)16/h7,9,16H,2-6,12H2,1H3. The van der Waals surface area contributed by atoms with Crippen LogP contribution in [0.15, 0.2) is 0 Å². The van der Waals surface area contributed by atoms with Crippen molar-refractivity contribution in [2.24, 2.45) is 5.73 Å². The SMILES string of the molecule is COC(=O)c1nnn(C2CCCC2O)c1CCN. The van der Waals surface area contributed by atoms with Crippen LogP contribution in [-0.2, 0) is 11.2 Å². The predicted octanol–water partition coefficient (Wildman–Crippen LogP) is -0.348. The van der Waals surface area contributed by atoms with Crippen molar-refractivity contribution >= 4 is 5.97 Å². The van der Waals surface area contributed by atoms with Crippen LogP contribution in [0.5, 0.6) is 0 Å². The number of hydrogen-bond acceptors (Lipinski definition) is 6. The van der Waals surface area contributed by atoms with Gasteiger partial charge in [-0.05, 0) is 25.8 Å². The molecule has 1 heterocycles. The molecular weight excluding hydrogens is 236 g/mol. The van der Waals surface area contributed by atoms with Gasteiger partial charge in [0.15, 0.2) is 5.69 Å². The van der Waals surface area contributed by atoms with Crippen LogP contribution in [0.1, 0.15) is 41.5 Å². The number of rotatable bonds is 4. The third-order valence-electron chi connectivity index (χ3n) is 3.31. The Balaban J connectivity index is 2.35. The van der Waals surface area contributed by atoms with E-state index in [1.807, 2.05) is 0 Å². The van der Waals surface area contributed by atoms with Crippen LogP contribution in [0.4, 0.5) is 0 Å². The molecule has 1 saturated carbocycles. The molecule has 100 valence electrons. The second-order valence-corrected chi connectivity index (χ2v) is 4.43. The lowest BCUT2D eigenvalue weighted by Crippen LogP contribution is -2.23. The van der Waals surface area contributed by atoms with Crippen molar-refractivity contribution < 1.29 is 14.6 Å². The number of carbonyl (C=O) groups excluding carboxylic acids is 1. The molecule has 1 aliphatic rings. The van der Waals surface area contributed by atoms with Crippen LogP contribution in [0.2, 0.25) is 0 Å². The van der Waals surface area contributed by atoms with E-state index < -0.39 is 12.1 Å². The van der Waals surface area contributed by atoms with E-state index in [0.29, 0.717) is 18.7 Å². The summed E-state index contributed by atoms with van der Waals surface area (Å²) < 4.78 is 6.30. The number of hydrogen-bond donors (Lipinski definition) is 2. The number of nitrogens with two attached hydrogens (primary N) is 1. The van der Waals surface area contributed by atoms with Crippen LogP contribution in [0.25, 0.3) is 0 Å². The second-order valence-electron chi connectivity index (χ2n) is 4.43. The minimum atomic E-state index is -0.516. The quantitative estimate of drug-likeness (QED) is 0.712. The average molecular weight is 254 g/mol. The first kappa shape index (κ1) is 13.0. The summed E-state index contributed by atoms with van der Waals surface area (Å²) in [4.78, 5) is 11.6. The van der Waals surface area contributed by atoms with Crippen LogP contribution in [0, 0.1) is 0 Å². The molecular formula is C11H18N4O3. The number of esters is 1. The first-order chi connectivity index (χ1) is 8.69. The Morgan fingerprint density at radius 1 is 1.61 bits per heavy atom. The maximum Gasteiger partial charge on any atom is 0.360 e. The van der Waals surface area contributed by atoms with Gasteiger partial charge in [0.05, 0.1) is 24.9 Å². The first-order valence-corrected chi connectivity index (χ1v) is 6.09. The maximum atomic E-state index is 11.6. The molecule has 0 radical (unpaired) electrons. The highest BCUT2D eigenvalue weighted by Gasteiger charge is 2.31. The maximum absolute atomic E-state index is 11.6. The third kappa shape index (κ3) is 2.23. The number of ether oxygens (including phenoxy) is 1. The molecule has 0 spiro atoms. The monoisotopic (exact) mass is 254 g/mol. The van der Waals surface area contributed by atoms with Gasteiger partial charge >= 0.3 is 5.97 Å². The Morgan fingerprint density at radius 3 is 2.94 bits per heavy atom. The number of aromatic nitrogens is 3. The highest BCUT2D eigenvalue weighted by atomic mass is 16.5. The van der Waals surface area contributed by atoms with Gasteiger partial charge in [-0.3, -0.25) is 0 Å². The summed E-state index contributed by atoms with van der Waals surface area (Å²) in [5, 5.41) is 17.7. The van der Waals surface area contributed by atoms with Gasteiger partial charge in [0.25, 0.3) is 0 Å². The van der Waals surface area contributed by atoms with E-state index in [9.17, 15) is 9.90 Å². The number of nitrogens with zero attached hydrogens (tertiary/aromatic N) is 3. The molecule has 7 nitrogen and oxygen atoms in total. The van der Waals surface area contributed by atoms with Gasteiger partial charge in [-0.2, -0.15) is 0 Å². The van der Waals surface area contributed by atoms with Gasteiger partial charge in [-0.25, -0.2) is 9.48 Å². The number of methoxy groups -OCH3 is 1. The van der Waals surface area contributed by atoms with Crippen molar-refractivity contribution in [3.8, 4) is 0 Å². The lowest BCUT2D eigenvalue weighted by Gasteiger charge is -2.17. The van der Waals surface area contributed by atoms with Gasteiger partial charge in [-0.1, -0.05) is 5.21 Å². The largest absolute Gasteiger partial charge is 0.464 e. The van der Waals surface area contributed by atoms with Crippen LogP contribution < -0.4 is 5.73 Å². The van der Waals surface area contributed by atoms with E-state index in [4.69, 9.17) is 5.73 Å². The molecule has 0 aromatic carbocycles. The number of aliphatic hydroxyl groups is 1. The molecule has 0 saturated heterocycles. The lowest BCUT2D eigenvalue weighted by molar-refractivity contribution is 0.0592. The zero-order valence-corrected chi connectivity index (χ0v) is 10.4. The van der Waals surface area contributed by atoms with E-state index in [0.717, 1.165) is 19.3 Å². The number of aliphatic hydroxyl groups excluding tert-OH is 1. The molecule has 1 aliphatic carbocycles. The lowest BCUT2D eigenvalue weighted by atomic mass is 10.1. The van der Waals surface area contributed by atoms with E-state index in [1.165, 1.54) is 7.11 Å². The summed E-state index contributed by atoms with van der Waals surface area (Å²) >= 11 is 0. The Bertz CT molecular complexity index is 432. The Kier molecular flexibility index (Phi) is 3.93. The average Bonchev–Trinajstić information content (AvgIpc) is 2.95. The predicted molar refractivity (Wildman–Crippen MR) is 63.0 cm³/mol. The van der Waals surface area contributed by atoms with Gasteiger partial charge in [0, 0.05) is 6.42 Å². The molecule has 1 aromatic rings. The van der Waals surface area contributed by atoms with Crippen LogP contribution in [0.3, 0.4) is 0 Å². The summed E-state index contributed by atoms with van der Waals surface area (Å²) in [6, 6.07) is -0.113. The van der Waals surface area contributed by atoms with Crippen molar-refractivity contribution in [2.75, 3.05) is 13.7 Å². The number of carbonyl (C=O) groups is 1. The Hall–Kier alpha value is -1.47. The van der Waals surface area contributed by atoms with Crippen molar-refractivity contribution in [1.82, 2.24) is 15.0 Å². The summed E-state index contributed by atoms with van der Waals surface area (Å²) in [7, 11) is 1.30. The molecule has 7 heteroatoms. The Labute approximate surface area is 105 Å². The van der Waals surface area contributed by atoms with E-state index in [1.54, 1.807) is 4.68 Å². The molecule has 3 N–H and O–H groups in total. The molecule has 1 aromatic heterocycles. The third-order valence-corrected chi connectivity index (χ3v) is 3.31. The minimum Gasteiger partial charge on any atom is -0.464 e. The van der Waals surface area contributed by atoms with E-state index in [-0.39, 0.29) is 11.7 Å². The zero-order chi connectivity index (χ0) is 13.1. The highest BCUT2D eigenvalue weighted by molar-refractivity contribution is 5.88. The summed E-state index contributed by atoms with van der Waals surface area (Å²) in [6.45, 7) is 0.389. The molecule has 0 aliphatic heterocycles. The van der Waals surface area contributed by atoms with Gasteiger partial charge in [0.1, 0.15) is 0 Å². The minimum absolute atomic E-state index is 0.113. The molecule has 1 fully saturated rings. The second kappa shape index (κ2) is 5.45. The summed E-state index contributed by atoms with van der Waals surface area (Å²) in [6.07, 6.45) is 2.58. The molecule has 0 amide bonds. The van der Waals surface area contributed by atoms with Crippen molar-refractivity contribution in [1.29, 1.82) is 0 Å². The smallest absolute Gasteiger partial charge is 0.360 e. The molecule has 2 rings (SSSR count). The van der Waals surface area contributed by atoms with Gasteiger partial charge in [0.2, 0.25) is 0 Å². The fourth-order valence-electron chi connectivity index (χ4n) is 2.41. The highest BCUT2D eigenvalue weighted by Crippen LogP contribution is 2.31. The normalized spacial score (nSPS) is 23.3. The van der Waals surface area contributed by atoms with Crippen molar-refractivity contribution in [3.05, 3.63) is 11.4 Å². The first-order valence-electron chi connectivity index (χ1n) is 6.09. The fraction of sp³-hybridized carbons (Fsp3) is 0.727. The van der Waals surface area contributed by atoms with Gasteiger partial charge < -0.3 is 15.6 Å². The topological polar surface area (TPSA) is 103 Å². The van der Waals surface area contributed by atoms with Crippen molar-refractivity contribution in [2.45, 2.75) is 37.8 Å². The molecule has 18 heavy (non-hydrogen) atoms. The zero-order valence-electron chi connectivity index (χ0n) is 10.4. The van der Waals surface area contributed by atoms with Gasteiger partial charge in [-0.15, -0.1) is 5.10 Å². The van der Waals surface area contributed by atoms with E-state index in [2.05, 4.69) is 15.0 Å². The molecule has 0 bridgehead atoms. The van der Waals surface area contributed by atoms with Crippen LogP contribution in [-0.4, -0.2) is 45.8 Å². The molecule has 2 unspecified atom stereocenters. The van der Waals surface area contributed by atoms with E-state index >= 15 is 0 Å². The Morgan fingerprint density at radius 2 is 2.39 bits per heavy atom. The molecule has 2 atom stereocenters. The fourth-order valence-corrected chi connectivity index (χ4v) is 2.41. The van der Waals surface area contributed by atoms with Crippen LogP contribution >= 0.6 is 0 Å².